The second-order valence-electron chi connectivity index (χ2n) is 11.9. The van der Waals surface area contributed by atoms with Gasteiger partial charge in [0.25, 0.3) is 0 Å². The summed E-state index contributed by atoms with van der Waals surface area (Å²) in [5, 5.41) is 0. The van der Waals surface area contributed by atoms with Gasteiger partial charge in [-0.25, -0.2) is 4.98 Å². The van der Waals surface area contributed by atoms with E-state index in [0.717, 1.165) is 86.1 Å². The Kier molecular flexibility index (Phi) is 8.21. The number of aromatic nitrogens is 2. The number of carbonyl (C=O) groups excluding carboxylic acids is 1. The number of imidazole rings is 1. The number of piperidine rings is 1. The van der Waals surface area contributed by atoms with Gasteiger partial charge in [0.15, 0.2) is 0 Å². The average molecular weight is 535 g/mol. The highest BCUT2D eigenvalue weighted by atomic mass is 28.3. The smallest absolute Gasteiger partial charge is 0.208 e. The summed E-state index contributed by atoms with van der Waals surface area (Å²) in [6, 6.07) is 13.9. The van der Waals surface area contributed by atoms with Crippen molar-refractivity contribution in [3.63, 3.8) is 0 Å². The van der Waals surface area contributed by atoms with E-state index in [-0.39, 0.29) is 0 Å². The molecule has 8 heteroatoms. The van der Waals surface area contributed by atoms with Crippen LogP contribution in [0.1, 0.15) is 40.2 Å². The highest BCUT2D eigenvalue weighted by Crippen LogP contribution is 2.38. The summed E-state index contributed by atoms with van der Waals surface area (Å²) >= 11 is 0. The number of nitrogens with zero attached hydrogens (tertiary/aromatic N) is 4. The van der Waals surface area contributed by atoms with Gasteiger partial charge in [0.1, 0.15) is 13.0 Å². The summed E-state index contributed by atoms with van der Waals surface area (Å²) in [6.07, 6.45) is 3.01. The molecule has 3 heterocycles. The Morgan fingerprint density at radius 2 is 1.82 bits per heavy atom. The molecule has 0 atom stereocenters. The van der Waals surface area contributed by atoms with Crippen molar-refractivity contribution in [2.75, 3.05) is 55.8 Å². The van der Waals surface area contributed by atoms with Crippen LogP contribution in [-0.2, 0) is 16.2 Å². The zero-order valence-electron chi connectivity index (χ0n) is 23.4. The number of carbonyl (C=O) groups is 1. The van der Waals surface area contributed by atoms with Crippen LogP contribution in [0.2, 0.25) is 25.7 Å². The molecule has 0 spiro atoms. The molecule has 7 nitrogen and oxygen atoms in total. The number of ether oxygens (including phenoxy) is 2. The molecule has 2 fully saturated rings. The standard InChI is InChI=1S/C30H42N4O3Si/c1-23-6-5-7-26(20-23)32-12-10-24(11-13-32)28-25(21-35)8-9-27-29(28)31-30(33-14-16-36-17-15-33)34(27)22-37-18-19-38(2,3)4/h5-9,20-21,24H,10-19,22H2,1-4H3. The largest absolute Gasteiger partial charge is 0.378 e. The first-order valence-corrected chi connectivity index (χ1v) is 17.7. The van der Waals surface area contributed by atoms with Gasteiger partial charge < -0.3 is 19.3 Å². The zero-order valence-corrected chi connectivity index (χ0v) is 24.4. The normalized spacial score (nSPS) is 17.4. The lowest BCUT2D eigenvalue weighted by Gasteiger charge is -2.34. The molecule has 38 heavy (non-hydrogen) atoms. The predicted molar refractivity (Wildman–Crippen MR) is 158 cm³/mol. The monoisotopic (exact) mass is 534 g/mol. The molecule has 0 radical (unpaired) electrons. The predicted octanol–water partition coefficient (Wildman–Crippen LogP) is 5.69. The zero-order chi connectivity index (χ0) is 26.7. The summed E-state index contributed by atoms with van der Waals surface area (Å²) in [5.41, 5.74) is 6.46. The van der Waals surface area contributed by atoms with Crippen LogP contribution in [0, 0.1) is 6.92 Å². The maximum absolute atomic E-state index is 12.2. The van der Waals surface area contributed by atoms with Crippen LogP contribution in [0.5, 0.6) is 0 Å². The Hall–Kier alpha value is -2.68. The van der Waals surface area contributed by atoms with E-state index in [0.29, 0.717) is 25.9 Å². The van der Waals surface area contributed by atoms with Gasteiger partial charge in [-0.15, -0.1) is 0 Å². The van der Waals surface area contributed by atoms with E-state index in [4.69, 9.17) is 14.5 Å². The number of benzene rings is 2. The molecule has 0 bridgehead atoms. The third-order valence-electron chi connectivity index (χ3n) is 7.88. The second-order valence-corrected chi connectivity index (χ2v) is 17.6. The molecular formula is C30H42N4O3Si. The van der Waals surface area contributed by atoms with E-state index < -0.39 is 8.07 Å². The number of anilines is 2. The first-order chi connectivity index (χ1) is 18.3. The summed E-state index contributed by atoms with van der Waals surface area (Å²) in [4.78, 5) is 22.2. The van der Waals surface area contributed by atoms with Crippen molar-refractivity contribution in [3.05, 3.63) is 53.1 Å². The third kappa shape index (κ3) is 5.97. The van der Waals surface area contributed by atoms with Crippen molar-refractivity contribution in [2.45, 2.75) is 58.1 Å². The lowest BCUT2D eigenvalue weighted by Crippen LogP contribution is -2.38. The minimum atomic E-state index is -1.18. The average Bonchev–Trinajstić information content (AvgIpc) is 3.29. The fourth-order valence-electron chi connectivity index (χ4n) is 5.66. The Labute approximate surface area is 227 Å². The molecular weight excluding hydrogens is 492 g/mol. The maximum Gasteiger partial charge on any atom is 0.208 e. The molecule has 0 aliphatic carbocycles. The number of hydrogen-bond acceptors (Lipinski definition) is 6. The molecule has 2 aromatic carbocycles. The first-order valence-electron chi connectivity index (χ1n) is 14.0. The third-order valence-corrected chi connectivity index (χ3v) is 9.59. The number of hydrogen-bond donors (Lipinski definition) is 0. The number of aldehydes is 1. The fourth-order valence-corrected chi connectivity index (χ4v) is 6.42. The van der Waals surface area contributed by atoms with Crippen molar-refractivity contribution in [2.24, 2.45) is 0 Å². The van der Waals surface area contributed by atoms with Gasteiger partial charge in [-0.1, -0.05) is 31.8 Å². The summed E-state index contributed by atoms with van der Waals surface area (Å²) in [5.74, 6) is 1.23. The molecule has 0 amide bonds. The molecule has 1 aromatic heterocycles. The van der Waals surface area contributed by atoms with Gasteiger partial charge in [0.2, 0.25) is 5.95 Å². The van der Waals surface area contributed by atoms with E-state index in [1.807, 2.05) is 6.07 Å². The Balaban J connectivity index is 1.45. The second kappa shape index (κ2) is 11.6. The van der Waals surface area contributed by atoms with E-state index in [1.54, 1.807) is 0 Å². The van der Waals surface area contributed by atoms with Crippen LogP contribution >= 0.6 is 0 Å². The van der Waals surface area contributed by atoms with Crippen LogP contribution in [0.4, 0.5) is 11.6 Å². The highest BCUT2D eigenvalue weighted by molar-refractivity contribution is 6.76. The number of aryl methyl sites for hydroxylation is 1. The van der Waals surface area contributed by atoms with Crippen LogP contribution in [0.15, 0.2) is 36.4 Å². The molecule has 204 valence electrons. The van der Waals surface area contributed by atoms with Gasteiger partial charge in [-0.2, -0.15) is 0 Å². The molecule has 5 rings (SSSR count). The molecule has 0 saturated carbocycles. The Bertz CT molecular complexity index is 1250. The number of morpholine rings is 1. The molecule has 3 aromatic rings. The fraction of sp³-hybridized carbons (Fsp3) is 0.533. The topological polar surface area (TPSA) is 59.8 Å². The quantitative estimate of drug-likeness (QED) is 0.200. The Morgan fingerprint density at radius 1 is 1.05 bits per heavy atom. The van der Waals surface area contributed by atoms with E-state index in [1.165, 1.54) is 11.3 Å². The Morgan fingerprint density at radius 3 is 2.50 bits per heavy atom. The molecule has 2 aliphatic rings. The van der Waals surface area contributed by atoms with Gasteiger partial charge in [0, 0.05) is 52.1 Å². The molecule has 2 saturated heterocycles. The van der Waals surface area contributed by atoms with Gasteiger partial charge in [0.05, 0.1) is 24.2 Å². The maximum atomic E-state index is 12.2. The van der Waals surface area contributed by atoms with E-state index in [9.17, 15) is 4.79 Å². The molecule has 2 aliphatic heterocycles. The minimum Gasteiger partial charge on any atom is -0.378 e. The number of rotatable bonds is 9. The van der Waals surface area contributed by atoms with Crippen LogP contribution in [0.3, 0.4) is 0 Å². The van der Waals surface area contributed by atoms with Gasteiger partial charge in [-0.3, -0.25) is 9.36 Å². The van der Waals surface area contributed by atoms with E-state index >= 15 is 0 Å². The molecule has 0 N–H and O–H groups in total. The summed E-state index contributed by atoms with van der Waals surface area (Å²) < 4.78 is 14.1. The van der Waals surface area contributed by atoms with E-state index in [2.05, 4.69) is 71.3 Å². The summed E-state index contributed by atoms with van der Waals surface area (Å²) in [7, 11) is -1.18. The van der Waals surface area contributed by atoms with Crippen molar-refractivity contribution < 1.29 is 14.3 Å². The lowest BCUT2D eigenvalue weighted by atomic mass is 9.85. The lowest BCUT2D eigenvalue weighted by molar-refractivity contribution is 0.0883. The van der Waals surface area contributed by atoms with Crippen molar-refractivity contribution in [3.8, 4) is 0 Å². The molecule has 0 unspecified atom stereocenters. The van der Waals surface area contributed by atoms with Crippen molar-refractivity contribution >= 4 is 37.0 Å². The van der Waals surface area contributed by atoms with Crippen LogP contribution in [0.25, 0.3) is 11.0 Å². The number of fused-ring (bicyclic) bond motifs is 1. The van der Waals surface area contributed by atoms with Gasteiger partial charge >= 0.3 is 0 Å². The minimum absolute atomic E-state index is 0.300. The van der Waals surface area contributed by atoms with Crippen molar-refractivity contribution in [1.29, 1.82) is 0 Å². The SMILES string of the molecule is Cc1cccc(N2CCC(c3c(C=O)ccc4c3nc(N3CCOCC3)n4COCC[Si](C)(C)C)CC2)c1. The highest BCUT2D eigenvalue weighted by Gasteiger charge is 2.28. The van der Waals surface area contributed by atoms with Crippen molar-refractivity contribution in [1.82, 2.24) is 9.55 Å². The first kappa shape index (κ1) is 26.9. The van der Waals surface area contributed by atoms with Gasteiger partial charge in [-0.05, 0) is 67.1 Å². The van der Waals surface area contributed by atoms with Crippen LogP contribution in [-0.4, -0.2) is 69.9 Å². The van der Waals surface area contributed by atoms with Crippen LogP contribution < -0.4 is 9.80 Å². The summed E-state index contributed by atoms with van der Waals surface area (Å²) in [6.45, 7) is 15.5.